The molecule has 3 amide bonds. The zero-order valence-electron chi connectivity index (χ0n) is 18.5. The smallest absolute Gasteiger partial charge is 0.383 e. The minimum absolute atomic E-state index is 0.0536. The predicted octanol–water partition coefficient (Wildman–Crippen LogP) is 1.72. The molecule has 0 aliphatic carbocycles. The molecule has 0 saturated carbocycles. The van der Waals surface area contributed by atoms with E-state index in [0.29, 0.717) is 52.3 Å². The summed E-state index contributed by atoms with van der Waals surface area (Å²) in [5.41, 5.74) is 0.0703. The molecular formula is C22H29F3N4O4. The van der Waals surface area contributed by atoms with Gasteiger partial charge >= 0.3 is 12.2 Å². The molecule has 3 fully saturated rings. The number of hydrogen-bond donors (Lipinski definition) is 1. The maximum absolute atomic E-state index is 13.1. The van der Waals surface area contributed by atoms with Crippen LogP contribution in [0.5, 0.6) is 0 Å². The molecule has 0 spiro atoms. The first-order chi connectivity index (χ1) is 15.8. The van der Waals surface area contributed by atoms with E-state index in [2.05, 4.69) is 10.2 Å². The van der Waals surface area contributed by atoms with Crippen LogP contribution in [-0.4, -0.2) is 98.4 Å². The van der Waals surface area contributed by atoms with Gasteiger partial charge < -0.3 is 24.6 Å². The van der Waals surface area contributed by atoms with Crippen molar-refractivity contribution in [1.82, 2.24) is 20.0 Å². The summed E-state index contributed by atoms with van der Waals surface area (Å²) in [6.07, 6.45) is -3.75. The number of nitrogens with one attached hydrogen (secondary N) is 1. The molecule has 8 nitrogen and oxygen atoms in total. The first kappa shape index (κ1) is 23.8. The van der Waals surface area contributed by atoms with Gasteiger partial charge in [0.15, 0.2) is 0 Å². The Hall–Kier alpha value is -2.37. The summed E-state index contributed by atoms with van der Waals surface area (Å²) in [6.45, 7) is 3.59. The summed E-state index contributed by atoms with van der Waals surface area (Å²) in [7, 11) is 1.56. The number of piperazine rings is 1. The maximum Gasteiger partial charge on any atom is 0.416 e. The van der Waals surface area contributed by atoms with Gasteiger partial charge in [0.25, 0.3) is 0 Å². The van der Waals surface area contributed by atoms with Gasteiger partial charge in [-0.3, -0.25) is 9.69 Å². The predicted molar refractivity (Wildman–Crippen MR) is 112 cm³/mol. The Morgan fingerprint density at radius 1 is 1.15 bits per heavy atom. The van der Waals surface area contributed by atoms with E-state index < -0.39 is 11.7 Å². The number of alkyl halides is 3. The number of ether oxygens (including phenoxy) is 2. The second kappa shape index (κ2) is 9.86. The van der Waals surface area contributed by atoms with Crippen molar-refractivity contribution >= 4 is 11.9 Å². The summed E-state index contributed by atoms with van der Waals surface area (Å²) in [5, 5.41) is 2.90. The largest absolute Gasteiger partial charge is 0.416 e. The number of urea groups is 1. The Bertz CT molecular complexity index is 843. The van der Waals surface area contributed by atoms with Crippen molar-refractivity contribution in [1.29, 1.82) is 0 Å². The summed E-state index contributed by atoms with van der Waals surface area (Å²) >= 11 is 0. The molecule has 0 bridgehead atoms. The van der Waals surface area contributed by atoms with E-state index in [1.165, 1.54) is 12.1 Å². The van der Waals surface area contributed by atoms with Gasteiger partial charge in [0, 0.05) is 46.4 Å². The van der Waals surface area contributed by atoms with E-state index in [1.54, 1.807) is 16.9 Å². The van der Waals surface area contributed by atoms with E-state index in [0.717, 1.165) is 17.7 Å². The quantitative estimate of drug-likeness (QED) is 0.726. The lowest BCUT2D eigenvalue weighted by molar-refractivity contribution is -0.140. The fourth-order valence-electron chi connectivity index (χ4n) is 4.76. The summed E-state index contributed by atoms with van der Waals surface area (Å²) < 4.78 is 49.6. The summed E-state index contributed by atoms with van der Waals surface area (Å²) in [5.74, 6) is -0.161. The third kappa shape index (κ3) is 5.42. The van der Waals surface area contributed by atoms with Gasteiger partial charge in [0.05, 0.1) is 30.4 Å². The van der Waals surface area contributed by atoms with E-state index in [-0.39, 0.29) is 36.7 Å². The van der Waals surface area contributed by atoms with Crippen LogP contribution >= 0.6 is 0 Å². The summed E-state index contributed by atoms with van der Waals surface area (Å²) in [6, 6.07) is 4.73. The fourth-order valence-corrected chi connectivity index (χ4v) is 4.76. The molecule has 1 N–H and O–H groups in total. The van der Waals surface area contributed by atoms with Crippen LogP contribution in [0.15, 0.2) is 24.3 Å². The fraction of sp³-hybridized carbons (Fsp3) is 0.636. The van der Waals surface area contributed by atoms with Crippen molar-refractivity contribution in [2.75, 3.05) is 59.6 Å². The minimum atomic E-state index is -4.37. The topological polar surface area (TPSA) is 74.3 Å². The Morgan fingerprint density at radius 2 is 1.85 bits per heavy atom. The van der Waals surface area contributed by atoms with Crippen molar-refractivity contribution in [2.45, 2.75) is 30.8 Å². The highest BCUT2D eigenvalue weighted by atomic mass is 19.4. The number of benzene rings is 1. The highest BCUT2D eigenvalue weighted by Gasteiger charge is 2.38. The van der Waals surface area contributed by atoms with Crippen LogP contribution in [0.4, 0.5) is 18.0 Å². The second-order valence-electron chi connectivity index (χ2n) is 8.65. The van der Waals surface area contributed by atoms with Crippen LogP contribution in [-0.2, 0) is 20.4 Å². The number of hydrogen-bond acceptors (Lipinski definition) is 5. The Kier molecular flexibility index (Phi) is 7.10. The number of halogens is 3. The number of carbonyl (C=O) groups is 2. The second-order valence-corrected chi connectivity index (χ2v) is 8.65. The number of methoxy groups -OCH3 is 1. The van der Waals surface area contributed by atoms with Crippen molar-refractivity contribution in [2.24, 2.45) is 0 Å². The van der Waals surface area contributed by atoms with Crippen molar-refractivity contribution in [3.8, 4) is 0 Å². The Balaban J connectivity index is 1.34. The molecule has 3 heterocycles. The van der Waals surface area contributed by atoms with Gasteiger partial charge in [-0.05, 0) is 24.1 Å². The standard InChI is InChI=1S/C22H29F3N4O4/c1-32-13-18(15-2-4-16(5-3-15)22(23,24)25)27-8-10-28(11-9-27)21(31)29-7-6-19-17(12-29)26-20(30)14-33-19/h2-5,17-19H,6-14H2,1H3,(H,26,30)/t17-,18?,19+/m1/s1. The van der Waals surface area contributed by atoms with Crippen molar-refractivity contribution < 1.29 is 32.2 Å². The van der Waals surface area contributed by atoms with Crippen LogP contribution in [0.1, 0.15) is 23.6 Å². The van der Waals surface area contributed by atoms with Crippen molar-refractivity contribution in [3.63, 3.8) is 0 Å². The van der Waals surface area contributed by atoms with Gasteiger partial charge in [-0.2, -0.15) is 13.2 Å². The third-order valence-electron chi connectivity index (χ3n) is 6.57. The molecule has 11 heteroatoms. The number of piperidine rings is 1. The minimum Gasteiger partial charge on any atom is -0.383 e. The number of morpholine rings is 1. The molecule has 33 heavy (non-hydrogen) atoms. The van der Waals surface area contributed by atoms with Gasteiger partial charge in [-0.25, -0.2) is 4.79 Å². The lowest BCUT2D eigenvalue weighted by Crippen LogP contribution is -2.63. The lowest BCUT2D eigenvalue weighted by Gasteiger charge is -2.44. The molecule has 3 aliphatic rings. The number of amides is 3. The highest BCUT2D eigenvalue weighted by molar-refractivity contribution is 5.79. The van der Waals surface area contributed by atoms with Gasteiger partial charge in [0.1, 0.15) is 6.61 Å². The van der Waals surface area contributed by atoms with E-state index in [9.17, 15) is 22.8 Å². The molecule has 3 aliphatic heterocycles. The van der Waals surface area contributed by atoms with Crippen LogP contribution in [0.2, 0.25) is 0 Å². The average Bonchev–Trinajstić information content (AvgIpc) is 2.81. The number of nitrogens with zero attached hydrogens (tertiary/aromatic N) is 3. The Labute approximate surface area is 190 Å². The molecular weight excluding hydrogens is 441 g/mol. The number of fused-ring (bicyclic) bond motifs is 1. The zero-order valence-corrected chi connectivity index (χ0v) is 18.5. The SMILES string of the molecule is COCC(c1ccc(C(F)(F)F)cc1)N1CCN(C(=O)N2CC[C@@H]3OCC(=O)N[C@@H]3C2)CC1. The van der Waals surface area contributed by atoms with Crippen LogP contribution in [0, 0.1) is 0 Å². The monoisotopic (exact) mass is 470 g/mol. The Morgan fingerprint density at radius 3 is 2.48 bits per heavy atom. The van der Waals surface area contributed by atoms with E-state index in [4.69, 9.17) is 9.47 Å². The highest BCUT2D eigenvalue weighted by Crippen LogP contribution is 2.31. The number of rotatable bonds is 4. The average molecular weight is 470 g/mol. The van der Waals surface area contributed by atoms with Crippen LogP contribution in [0.3, 0.4) is 0 Å². The number of likely N-dealkylation sites (tertiary alicyclic amines) is 1. The zero-order chi connectivity index (χ0) is 23.6. The van der Waals surface area contributed by atoms with Gasteiger partial charge in [-0.15, -0.1) is 0 Å². The molecule has 4 rings (SSSR count). The lowest BCUT2D eigenvalue weighted by atomic mass is 10.0. The van der Waals surface area contributed by atoms with Gasteiger partial charge in [0.2, 0.25) is 5.91 Å². The number of carbonyl (C=O) groups excluding carboxylic acids is 2. The molecule has 1 unspecified atom stereocenters. The van der Waals surface area contributed by atoms with Crippen LogP contribution in [0.25, 0.3) is 0 Å². The first-order valence-corrected chi connectivity index (χ1v) is 11.1. The van der Waals surface area contributed by atoms with E-state index in [1.807, 2.05) is 0 Å². The third-order valence-corrected chi connectivity index (χ3v) is 6.57. The molecule has 182 valence electrons. The molecule has 0 aromatic heterocycles. The van der Waals surface area contributed by atoms with E-state index >= 15 is 0 Å². The van der Waals surface area contributed by atoms with Crippen molar-refractivity contribution in [3.05, 3.63) is 35.4 Å². The first-order valence-electron chi connectivity index (χ1n) is 11.1. The molecule has 1 aromatic carbocycles. The molecule has 1 aromatic rings. The molecule has 3 saturated heterocycles. The van der Waals surface area contributed by atoms with Gasteiger partial charge in [-0.1, -0.05) is 12.1 Å². The molecule has 0 radical (unpaired) electrons. The maximum atomic E-state index is 13.1. The molecule has 3 atom stereocenters. The normalized spacial score (nSPS) is 25.4. The van der Waals surface area contributed by atoms with Crippen LogP contribution < -0.4 is 5.32 Å². The summed E-state index contributed by atoms with van der Waals surface area (Å²) in [4.78, 5) is 30.4.